The summed E-state index contributed by atoms with van der Waals surface area (Å²) in [4.78, 5) is 0. The predicted octanol–water partition coefficient (Wildman–Crippen LogP) is 3.53. The van der Waals surface area contributed by atoms with Gasteiger partial charge in [0.15, 0.2) is 0 Å². The zero-order valence-electron chi connectivity index (χ0n) is 11.5. The van der Waals surface area contributed by atoms with Crippen LogP contribution in [0.25, 0.3) is 11.1 Å². The Bertz CT molecular complexity index is 581. The molecule has 0 aliphatic rings. The zero-order chi connectivity index (χ0) is 13.8. The summed E-state index contributed by atoms with van der Waals surface area (Å²) in [5, 5.41) is 3.13. The molecule has 100 valence electrons. The molecule has 0 heterocycles. The van der Waals surface area contributed by atoms with Crippen molar-refractivity contribution >= 4 is 0 Å². The molecule has 0 radical (unpaired) electrons. The molecule has 0 aliphatic carbocycles. The minimum atomic E-state index is -0.216. The Morgan fingerprint density at radius 2 is 1.89 bits per heavy atom. The molecule has 0 unspecified atom stereocenters. The zero-order valence-corrected chi connectivity index (χ0v) is 11.5. The molecule has 0 aliphatic heterocycles. The van der Waals surface area contributed by atoms with Crippen LogP contribution >= 0.6 is 0 Å². The van der Waals surface area contributed by atoms with Crippen molar-refractivity contribution in [2.24, 2.45) is 0 Å². The van der Waals surface area contributed by atoms with Gasteiger partial charge in [-0.05, 0) is 60.5 Å². The van der Waals surface area contributed by atoms with E-state index < -0.39 is 0 Å². The fourth-order valence-electron chi connectivity index (χ4n) is 2.18. The van der Waals surface area contributed by atoms with E-state index in [1.54, 1.807) is 19.2 Å². The predicted molar refractivity (Wildman–Crippen MR) is 75.9 cm³/mol. The third kappa shape index (κ3) is 2.93. The van der Waals surface area contributed by atoms with Gasteiger partial charge in [-0.15, -0.1) is 0 Å². The Morgan fingerprint density at radius 1 is 1.11 bits per heavy atom. The van der Waals surface area contributed by atoms with Gasteiger partial charge in [0, 0.05) is 6.54 Å². The Hall–Kier alpha value is -1.87. The number of benzene rings is 2. The van der Waals surface area contributed by atoms with E-state index in [1.165, 1.54) is 6.07 Å². The summed E-state index contributed by atoms with van der Waals surface area (Å²) in [7, 11) is 3.54. The average molecular weight is 259 g/mol. The van der Waals surface area contributed by atoms with Crippen molar-refractivity contribution in [1.29, 1.82) is 0 Å². The van der Waals surface area contributed by atoms with Crippen molar-refractivity contribution in [3.05, 3.63) is 53.3 Å². The van der Waals surface area contributed by atoms with Crippen LogP contribution in [-0.2, 0) is 6.54 Å². The van der Waals surface area contributed by atoms with E-state index in [4.69, 9.17) is 4.74 Å². The van der Waals surface area contributed by atoms with Crippen molar-refractivity contribution < 1.29 is 9.13 Å². The van der Waals surface area contributed by atoms with Gasteiger partial charge in [0.05, 0.1) is 7.11 Å². The van der Waals surface area contributed by atoms with Gasteiger partial charge >= 0.3 is 0 Å². The van der Waals surface area contributed by atoms with Crippen molar-refractivity contribution in [3.63, 3.8) is 0 Å². The molecular formula is C16H18FNO. The standard InChI is InChI=1S/C16H18FNO/c1-11-4-5-13(17)9-16(11)15-7-6-14(19-3)8-12(15)10-18-2/h4-9,18H,10H2,1-3H3. The normalized spacial score (nSPS) is 10.5. The fourth-order valence-corrected chi connectivity index (χ4v) is 2.18. The highest BCUT2D eigenvalue weighted by molar-refractivity contribution is 5.71. The molecule has 19 heavy (non-hydrogen) atoms. The van der Waals surface area contributed by atoms with Crippen LogP contribution in [0.1, 0.15) is 11.1 Å². The number of halogens is 1. The Balaban J connectivity index is 2.57. The number of hydrogen-bond donors (Lipinski definition) is 1. The lowest BCUT2D eigenvalue weighted by molar-refractivity contribution is 0.414. The smallest absolute Gasteiger partial charge is 0.123 e. The lowest BCUT2D eigenvalue weighted by atomic mass is 9.95. The summed E-state index contributed by atoms with van der Waals surface area (Å²) in [6.07, 6.45) is 0. The number of nitrogens with one attached hydrogen (secondary N) is 1. The summed E-state index contributed by atoms with van der Waals surface area (Å²) in [6, 6.07) is 10.7. The Kier molecular flexibility index (Phi) is 4.17. The van der Waals surface area contributed by atoms with Crippen molar-refractivity contribution in [2.45, 2.75) is 13.5 Å². The van der Waals surface area contributed by atoms with E-state index in [0.29, 0.717) is 6.54 Å². The number of hydrogen-bond acceptors (Lipinski definition) is 2. The lowest BCUT2D eigenvalue weighted by Gasteiger charge is -2.13. The van der Waals surface area contributed by atoms with Gasteiger partial charge in [-0.1, -0.05) is 12.1 Å². The summed E-state index contributed by atoms with van der Waals surface area (Å²) in [5.74, 6) is 0.592. The van der Waals surface area contributed by atoms with Crippen LogP contribution in [0.5, 0.6) is 5.75 Å². The summed E-state index contributed by atoms with van der Waals surface area (Å²) < 4.78 is 18.7. The third-order valence-electron chi connectivity index (χ3n) is 3.17. The van der Waals surface area contributed by atoms with E-state index in [0.717, 1.165) is 28.0 Å². The molecule has 2 rings (SSSR count). The summed E-state index contributed by atoms with van der Waals surface area (Å²) >= 11 is 0. The highest BCUT2D eigenvalue weighted by Gasteiger charge is 2.09. The maximum atomic E-state index is 13.5. The maximum absolute atomic E-state index is 13.5. The molecule has 3 heteroatoms. The van der Waals surface area contributed by atoms with Gasteiger partial charge in [0.2, 0.25) is 0 Å². The van der Waals surface area contributed by atoms with Crippen LogP contribution in [0.4, 0.5) is 4.39 Å². The number of rotatable bonds is 4. The van der Waals surface area contributed by atoms with Crippen LogP contribution in [0.15, 0.2) is 36.4 Å². The number of aryl methyl sites for hydroxylation is 1. The average Bonchev–Trinajstić information content (AvgIpc) is 2.42. The van der Waals surface area contributed by atoms with Crippen molar-refractivity contribution in [1.82, 2.24) is 5.32 Å². The first-order valence-corrected chi connectivity index (χ1v) is 6.23. The summed E-state index contributed by atoms with van der Waals surface area (Å²) in [6.45, 7) is 2.70. The molecule has 0 saturated carbocycles. The molecule has 0 aromatic heterocycles. The molecule has 0 amide bonds. The van der Waals surface area contributed by atoms with E-state index in [1.807, 2.05) is 32.2 Å². The number of ether oxygens (including phenoxy) is 1. The molecule has 2 aromatic carbocycles. The van der Waals surface area contributed by atoms with E-state index >= 15 is 0 Å². The highest BCUT2D eigenvalue weighted by Crippen LogP contribution is 2.30. The molecule has 1 N–H and O–H groups in total. The van der Waals surface area contributed by atoms with E-state index in [2.05, 4.69) is 5.32 Å². The second-order valence-electron chi connectivity index (χ2n) is 4.51. The molecule has 0 saturated heterocycles. The van der Waals surface area contributed by atoms with Crippen LogP contribution < -0.4 is 10.1 Å². The van der Waals surface area contributed by atoms with Gasteiger partial charge in [-0.2, -0.15) is 0 Å². The molecule has 2 aromatic rings. The SMILES string of the molecule is CNCc1cc(OC)ccc1-c1cc(F)ccc1C. The van der Waals surface area contributed by atoms with E-state index in [9.17, 15) is 4.39 Å². The minimum Gasteiger partial charge on any atom is -0.497 e. The molecular weight excluding hydrogens is 241 g/mol. The second kappa shape index (κ2) is 5.85. The van der Waals surface area contributed by atoms with Gasteiger partial charge in [-0.3, -0.25) is 0 Å². The maximum Gasteiger partial charge on any atom is 0.123 e. The van der Waals surface area contributed by atoms with Gasteiger partial charge in [0.25, 0.3) is 0 Å². The highest BCUT2D eigenvalue weighted by atomic mass is 19.1. The molecule has 0 fully saturated rings. The van der Waals surface area contributed by atoms with Gasteiger partial charge in [-0.25, -0.2) is 4.39 Å². The second-order valence-corrected chi connectivity index (χ2v) is 4.51. The fraction of sp³-hybridized carbons (Fsp3) is 0.250. The number of methoxy groups -OCH3 is 1. The monoisotopic (exact) mass is 259 g/mol. The minimum absolute atomic E-state index is 0.216. The van der Waals surface area contributed by atoms with Gasteiger partial charge < -0.3 is 10.1 Å². The largest absolute Gasteiger partial charge is 0.497 e. The topological polar surface area (TPSA) is 21.3 Å². The summed E-state index contributed by atoms with van der Waals surface area (Å²) in [5.41, 5.74) is 4.11. The quantitative estimate of drug-likeness (QED) is 0.907. The molecule has 0 spiro atoms. The van der Waals surface area contributed by atoms with Crippen LogP contribution in [0, 0.1) is 12.7 Å². The van der Waals surface area contributed by atoms with Crippen LogP contribution in [-0.4, -0.2) is 14.2 Å². The first-order chi connectivity index (χ1) is 9.15. The Morgan fingerprint density at radius 3 is 2.58 bits per heavy atom. The first-order valence-electron chi connectivity index (χ1n) is 6.23. The van der Waals surface area contributed by atoms with Crippen molar-refractivity contribution in [2.75, 3.05) is 14.2 Å². The first kappa shape index (κ1) is 13.6. The third-order valence-corrected chi connectivity index (χ3v) is 3.17. The molecule has 0 bridgehead atoms. The lowest BCUT2D eigenvalue weighted by Crippen LogP contribution is -2.07. The van der Waals surface area contributed by atoms with Crippen LogP contribution in [0.3, 0.4) is 0 Å². The molecule has 0 atom stereocenters. The Labute approximate surface area is 113 Å². The van der Waals surface area contributed by atoms with Crippen molar-refractivity contribution in [3.8, 4) is 16.9 Å². The van der Waals surface area contributed by atoms with Crippen LogP contribution in [0.2, 0.25) is 0 Å². The van der Waals surface area contributed by atoms with E-state index in [-0.39, 0.29) is 5.82 Å². The molecule has 2 nitrogen and oxygen atoms in total. The van der Waals surface area contributed by atoms with Gasteiger partial charge in [0.1, 0.15) is 11.6 Å².